The summed E-state index contributed by atoms with van der Waals surface area (Å²) in [6.07, 6.45) is 2.17. The van der Waals surface area contributed by atoms with Crippen molar-refractivity contribution in [2.24, 2.45) is 4.99 Å². The highest BCUT2D eigenvalue weighted by Crippen LogP contribution is 2.33. The van der Waals surface area contributed by atoms with Gasteiger partial charge in [-0.25, -0.2) is 0 Å². The maximum Gasteiger partial charge on any atom is 0.121 e. The maximum atomic E-state index is 5.31. The summed E-state index contributed by atoms with van der Waals surface area (Å²) in [5.74, 6) is 0. The van der Waals surface area contributed by atoms with Gasteiger partial charge in [0.05, 0.1) is 5.60 Å². The molecule has 0 aromatic carbocycles. The second-order valence-electron chi connectivity index (χ2n) is 3.53. The molecule has 2 nitrogen and oxygen atoms in total. The van der Waals surface area contributed by atoms with E-state index < -0.39 is 0 Å². The lowest BCUT2D eigenvalue weighted by Gasteiger charge is -1.92. The number of hydrogen-bond donors (Lipinski definition) is 0. The van der Waals surface area contributed by atoms with Gasteiger partial charge in [0.25, 0.3) is 0 Å². The number of nitrogens with zero attached hydrogens (tertiary/aromatic N) is 1. The van der Waals surface area contributed by atoms with Crippen molar-refractivity contribution in [2.45, 2.75) is 45.4 Å². The molecule has 58 valence electrons. The van der Waals surface area contributed by atoms with Gasteiger partial charge in [-0.2, -0.15) is 0 Å². The first-order valence-corrected chi connectivity index (χ1v) is 3.73. The molecule has 1 aliphatic rings. The van der Waals surface area contributed by atoms with E-state index in [0.717, 1.165) is 0 Å². The molecule has 0 aromatic heterocycles. The molecule has 1 saturated heterocycles. The van der Waals surface area contributed by atoms with Crippen LogP contribution in [0, 0.1) is 0 Å². The van der Waals surface area contributed by atoms with Crippen molar-refractivity contribution in [3.8, 4) is 0 Å². The predicted molar refractivity (Wildman–Crippen MR) is 42.6 cm³/mol. The van der Waals surface area contributed by atoms with E-state index >= 15 is 0 Å². The fourth-order valence-electron chi connectivity index (χ4n) is 0.753. The maximum absolute atomic E-state index is 5.31. The van der Waals surface area contributed by atoms with Crippen LogP contribution in [-0.2, 0) is 4.74 Å². The molecule has 10 heavy (non-hydrogen) atoms. The van der Waals surface area contributed by atoms with E-state index in [0.29, 0.717) is 6.04 Å². The van der Waals surface area contributed by atoms with Crippen LogP contribution >= 0.6 is 0 Å². The van der Waals surface area contributed by atoms with E-state index in [2.05, 4.69) is 32.7 Å². The zero-order chi connectivity index (χ0) is 7.78. The number of hydrogen-bond acceptors (Lipinski definition) is 2. The molecule has 0 radical (unpaired) electrons. The average Bonchev–Trinajstić information content (AvgIpc) is 2.35. The highest BCUT2D eigenvalue weighted by atomic mass is 16.6. The Hall–Kier alpha value is -0.370. The summed E-state index contributed by atoms with van der Waals surface area (Å²) in [5, 5.41) is 0. The molecule has 0 bridgehead atoms. The van der Waals surface area contributed by atoms with Gasteiger partial charge < -0.3 is 4.74 Å². The van der Waals surface area contributed by atoms with Gasteiger partial charge in [0.2, 0.25) is 0 Å². The number of ether oxygens (including phenoxy) is 1. The third kappa shape index (κ3) is 1.81. The molecule has 1 heterocycles. The second-order valence-corrected chi connectivity index (χ2v) is 3.53. The molecule has 1 aliphatic heterocycles. The van der Waals surface area contributed by atoms with Crippen molar-refractivity contribution >= 4 is 6.21 Å². The fraction of sp³-hybridized carbons (Fsp3) is 0.875. The topological polar surface area (TPSA) is 24.9 Å². The van der Waals surface area contributed by atoms with Crippen LogP contribution < -0.4 is 0 Å². The van der Waals surface area contributed by atoms with Gasteiger partial charge in [-0.3, -0.25) is 4.99 Å². The average molecular weight is 141 g/mol. The monoisotopic (exact) mass is 141 g/mol. The van der Waals surface area contributed by atoms with Crippen LogP contribution in [0.15, 0.2) is 4.99 Å². The largest absolute Gasteiger partial charge is 0.361 e. The minimum absolute atomic E-state index is 0.0540. The van der Waals surface area contributed by atoms with Crippen LogP contribution in [-0.4, -0.2) is 24.0 Å². The number of aliphatic imine (C=N–C) groups is 1. The first-order chi connectivity index (χ1) is 4.52. The molecule has 2 heteroatoms. The Morgan fingerprint density at radius 2 is 2.00 bits per heavy atom. The zero-order valence-corrected chi connectivity index (χ0v) is 7.09. The molecule has 0 saturated carbocycles. The summed E-state index contributed by atoms with van der Waals surface area (Å²) in [5.41, 5.74) is 0.0540. The lowest BCUT2D eigenvalue weighted by Crippen LogP contribution is -2.04. The Morgan fingerprint density at radius 1 is 1.50 bits per heavy atom. The Bertz CT molecular complexity index is 149. The Balaban J connectivity index is 2.30. The SMILES string of the molecule is CC(C)N=CC1OC1(C)C. The fourth-order valence-corrected chi connectivity index (χ4v) is 0.753. The van der Waals surface area contributed by atoms with Gasteiger partial charge in [0.1, 0.15) is 6.10 Å². The smallest absolute Gasteiger partial charge is 0.121 e. The van der Waals surface area contributed by atoms with Crippen molar-refractivity contribution < 1.29 is 4.74 Å². The lowest BCUT2D eigenvalue weighted by atomic mass is 10.1. The first kappa shape index (κ1) is 7.73. The summed E-state index contributed by atoms with van der Waals surface area (Å²) >= 11 is 0. The summed E-state index contributed by atoms with van der Waals surface area (Å²) in [4.78, 5) is 4.23. The Labute approximate surface area is 62.3 Å². The molecule has 0 aliphatic carbocycles. The van der Waals surface area contributed by atoms with Crippen LogP contribution in [0.2, 0.25) is 0 Å². The highest BCUT2D eigenvalue weighted by Gasteiger charge is 2.46. The Kier molecular flexibility index (Phi) is 1.82. The van der Waals surface area contributed by atoms with Gasteiger partial charge >= 0.3 is 0 Å². The third-order valence-corrected chi connectivity index (χ3v) is 1.58. The summed E-state index contributed by atoms with van der Waals surface area (Å²) < 4.78 is 5.31. The quantitative estimate of drug-likeness (QED) is 0.424. The van der Waals surface area contributed by atoms with Crippen LogP contribution in [0.5, 0.6) is 0 Å². The molecule has 0 aromatic rings. The van der Waals surface area contributed by atoms with Gasteiger partial charge in [0.15, 0.2) is 0 Å². The molecule has 0 spiro atoms. The van der Waals surface area contributed by atoms with Crippen LogP contribution in [0.3, 0.4) is 0 Å². The number of rotatable bonds is 2. The van der Waals surface area contributed by atoms with Crippen LogP contribution in [0.4, 0.5) is 0 Å². The molecule has 1 fully saturated rings. The van der Waals surface area contributed by atoms with Crippen molar-refractivity contribution in [2.75, 3.05) is 0 Å². The van der Waals surface area contributed by atoms with E-state index in [-0.39, 0.29) is 11.7 Å². The molecule has 0 N–H and O–H groups in total. The number of epoxide rings is 1. The highest BCUT2D eigenvalue weighted by molar-refractivity contribution is 5.68. The normalized spacial score (nSPS) is 29.9. The van der Waals surface area contributed by atoms with Crippen molar-refractivity contribution in [3.63, 3.8) is 0 Å². The summed E-state index contributed by atoms with van der Waals surface area (Å²) in [7, 11) is 0. The molecular weight excluding hydrogens is 126 g/mol. The second kappa shape index (κ2) is 2.35. The van der Waals surface area contributed by atoms with E-state index in [1.54, 1.807) is 0 Å². The third-order valence-electron chi connectivity index (χ3n) is 1.58. The van der Waals surface area contributed by atoms with Gasteiger partial charge in [-0.1, -0.05) is 0 Å². The van der Waals surface area contributed by atoms with Gasteiger partial charge in [-0.15, -0.1) is 0 Å². The molecular formula is C8H15NO. The molecule has 1 rings (SSSR count). The first-order valence-electron chi connectivity index (χ1n) is 3.73. The van der Waals surface area contributed by atoms with Gasteiger partial charge in [0, 0.05) is 12.3 Å². The lowest BCUT2D eigenvalue weighted by molar-refractivity contribution is 0.337. The van der Waals surface area contributed by atoms with E-state index in [9.17, 15) is 0 Å². The zero-order valence-electron chi connectivity index (χ0n) is 7.09. The van der Waals surface area contributed by atoms with Crippen LogP contribution in [0.1, 0.15) is 27.7 Å². The van der Waals surface area contributed by atoms with Crippen molar-refractivity contribution in [1.82, 2.24) is 0 Å². The van der Waals surface area contributed by atoms with Crippen LogP contribution in [0.25, 0.3) is 0 Å². The van der Waals surface area contributed by atoms with Crippen molar-refractivity contribution in [1.29, 1.82) is 0 Å². The Morgan fingerprint density at radius 3 is 2.30 bits per heavy atom. The summed E-state index contributed by atoms with van der Waals surface area (Å²) in [6, 6.07) is 0.389. The standard InChI is InChI=1S/C8H15NO/c1-6(2)9-5-7-8(3,4)10-7/h5-7H,1-4H3. The summed E-state index contributed by atoms with van der Waals surface area (Å²) in [6.45, 7) is 8.27. The van der Waals surface area contributed by atoms with Gasteiger partial charge in [-0.05, 0) is 27.7 Å². The van der Waals surface area contributed by atoms with E-state index in [1.165, 1.54) is 0 Å². The minimum atomic E-state index is 0.0540. The minimum Gasteiger partial charge on any atom is -0.361 e. The molecule has 1 atom stereocenters. The predicted octanol–water partition coefficient (Wildman–Crippen LogP) is 1.64. The van der Waals surface area contributed by atoms with Crippen molar-refractivity contribution in [3.05, 3.63) is 0 Å². The molecule has 0 amide bonds. The van der Waals surface area contributed by atoms with E-state index in [1.807, 2.05) is 6.21 Å². The molecule has 1 unspecified atom stereocenters. The van der Waals surface area contributed by atoms with E-state index in [4.69, 9.17) is 4.74 Å².